The Morgan fingerprint density at radius 2 is 1.39 bits per heavy atom. The third-order valence-corrected chi connectivity index (χ3v) is 7.77. The summed E-state index contributed by atoms with van der Waals surface area (Å²) in [5.74, 6) is 1.24. The molecule has 2 aliphatic carbocycles. The predicted molar refractivity (Wildman–Crippen MR) is 109 cm³/mol. The largest absolute Gasteiger partial charge is 0.498 e. The van der Waals surface area contributed by atoms with Crippen LogP contribution >= 0.6 is 0 Å². The topological polar surface area (TPSA) is 9.23 Å². The van der Waals surface area contributed by atoms with Crippen molar-refractivity contribution >= 4 is 0 Å². The first-order valence-electron chi connectivity index (χ1n) is 11.3. The van der Waals surface area contributed by atoms with Crippen molar-refractivity contribution in [3.05, 3.63) is 46.7 Å². The summed E-state index contributed by atoms with van der Waals surface area (Å²) < 4.78 is 34.0. The van der Waals surface area contributed by atoms with Crippen molar-refractivity contribution in [2.75, 3.05) is 0 Å². The smallest absolute Gasteiger partial charge is 0.162 e. The van der Waals surface area contributed by atoms with Crippen LogP contribution in [0.3, 0.4) is 0 Å². The molecule has 0 amide bonds. The van der Waals surface area contributed by atoms with Gasteiger partial charge in [-0.25, -0.2) is 8.78 Å². The molecule has 1 aromatic rings. The van der Waals surface area contributed by atoms with Crippen molar-refractivity contribution in [1.29, 1.82) is 0 Å². The average Bonchev–Trinajstić information content (AvgIpc) is 2.73. The molecule has 1 atom stereocenters. The molecule has 1 heterocycles. The molecule has 0 saturated heterocycles. The number of ether oxygens (including phenoxy) is 1. The zero-order chi connectivity index (χ0) is 19.7. The number of benzene rings is 1. The Hall–Kier alpha value is -1.38. The molecule has 28 heavy (non-hydrogen) atoms. The van der Waals surface area contributed by atoms with Gasteiger partial charge in [-0.2, -0.15) is 0 Å². The second kappa shape index (κ2) is 8.55. The Morgan fingerprint density at radius 3 is 1.96 bits per heavy atom. The second-order valence-corrected chi connectivity index (χ2v) is 9.50. The Labute approximate surface area is 168 Å². The van der Waals surface area contributed by atoms with Gasteiger partial charge in [0.1, 0.15) is 0 Å². The minimum absolute atomic E-state index is 0.189. The number of aryl methyl sites for hydroxylation is 1. The lowest BCUT2D eigenvalue weighted by Crippen LogP contribution is -2.27. The van der Waals surface area contributed by atoms with Gasteiger partial charge in [0.05, 0.1) is 12.4 Å². The Balaban J connectivity index is 1.29. The van der Waals surface area contributed by atoms with Gasteiger partial charge in [0, 0.05) is 0 Å². The lowest BCUT2D eigenvalue weighted by atomic mass is 9.67. The van der Waals surface area contributed by atoms with Gasteiger partial charge in [0.25, 0.3) is 0 Å². The summed E-state index contributed by atoms with van der Waals surface area (Å²) in [4.78, 5) is 0. The minimum Gasteiger partial charge on any atom is -0.498 e. The zero-order valence-electron chi connectivity index (χ0n) is 17.4. The third kappa shape index (κ3) is 4.14. The van der Waals surface area contributed by atoms with Crippen LogP contribution in [0, 0.1) is 36.3 Å². The lowest BCUT2D eigenvalue weighted by Gasteiger charge is -2.39. The molecule has 0 N–H and O–H groups in total. The molecule has 2 fully saturated rings. The molecule has 1 unspecified atom stereocenters. The first-order chi connectivity index (χ1) is 13.5. The molecular weight excluding hydrogens is 354 g/mol. The number of rotatable bonds is 3. The molecule has 0 bridgehead atoms. The summed E-state index contributed by atoms with van der Waals surface area (Å²) in [6.07, 6.45) is 14.4. The number of hydrogen-bond donors (Lipinski definition) is 0. The zero-order valence-corrected chi connectivity index (χ0v) is 17.4. The van der Waals surface area contributed by atoms with E-state index in [1.165, 1.54) is 37.7 Å². The van der Waals surface area contributed by atoms with E-state index in [1.807, 2.05) is 6.07 Å². The second-order valence-electron chi connectivity index (χ2n) is 9.50. The van der Waals surface area contributed by atoms with Crippen molar-refractivity contribution in [2.45, 2.75) is 90.1 Å². The van der Waals surface area contributed by atoms with E-state index >= 15 is 0 Å². The molecular formula is C25H34F2O. The molecule has 1 aliphatic heterocycles. The summed E-state index contributed by atoms with van der Waals surface area (Å²) in [5.41, 5.74) is 2.54. The SMILES string of the molecule is Cc1ccc(C2CCC(C3CCC(C4=COC(C)CC4)CC3)CC2)c(F)c1F. The van der Waals surface area contributed by atoms with Crippen LogP contribution in [0.2, 0.25) is 0 Å². The maximum absolute atomic E-state index is 14.4. The molecule has 0 spiro atoms. The van der Waals surface area contributed by atoms with E-state index in [0.29, 0.717) is 17.2 Å². The van der Waals surface area contributed by atoms with Crippen LogP contribution in [0.5, 0.6) is 0 Å². The standard InChI is InChI=1S/C25H34F2O/c1-16-3-14-23(25(27)24(16)26)21-12-10-19(11-13-21)18-6-8-20(9-7-18)22-5-4-17(2)28-15-22/h3,14-15,17-21H,4-13H2,1-2H3. The first kappa shape index (κ1) is 19.9. The molecule has 154 valence electrons. The van der Waals surface area contributed by atoms with Crippen LogP contribution < -0.4 is 0 Å². The predicted octanol–water partition coefficient (Wildman–Crippen LogP) is 7.44. The van der Waals surface area contributed by atoms with E-state index in [9.17, 15) is 8.78 Å². The van der Waals surface area contributed by atoms with Crippen molar-refractivity contribution < 1.29 is 13.5 Å². The number of halogens is 2. The summed E-state index contributed by atoms with van der Waals surface area (Å²) in [7, 11) is 0. The molecule has 3 heteroatoms. The summed E-state index contributed by atoms with van der Waals surface area (Å²) in [6.45, 7) is 3.78. The van der Waals surface area contributed by atoms with Gasteiger partial charge in [-0.1, -0.05) is 12.1 Å². The van der Waals surface area contributed by atoms with E-state index in [4.69, 9.17) is 4.74 Å². The van der Waals surface area contributed by atoms with Crippen molar-refractivity contribution in [2.24, 2.45) is 17.8 Å². The first-order valence-corrected chi connectivity index (χ1v) is 11.3. The van der Waals surface area contributed by atoms with Crippen LogP contribution in [-0.4, -0.2) is 6.10 Å². The van der Waals surface area contributed by atoms with Crippen LogP contribution in [0.1, 0.15) is 88.2 Å². The molecule has 4 rings (SSSR count). The van der Waals surface area contributed by atoms with Gasteiger partial charge in [-0.3, -0.25) is 0 Å². The number of hydrogen-bond acceptors (Lipinski definition) is 1. The van der Waals surface area contributed by atoms with E-state index in [2.05, 4.69) is 13.2 Å². The highest BCUT2D eigenvalue weighted by atomic mass is 19.2. The quantitative estimate of drug-likeness (QED) is 0.523. The normalized spacial score (nSPS) is 33.9. The van der Waals surface area contributed by atoms with Crippen LogP contribution in [0.15, 0.2) is 24.0 Å². The molecule has 0 aromatic heterocycles. The molecule has 1 nitrogen and oxygen atoms in total. The fraction of sp³-hybridized carbons (Fsp3) is 0.680. The van der Waals surface area contributed by atoms with Gasteiger partial charge >= 0.3 is 0 Å². The molecule has 2 saturated carbocycles. The fourth-order valence-electron chi connectivity index (χ4n) is 5.84. The lowest BCUT2D eigenvalue weighted by molar-refractivity contribution is 0.122. The van der Waals surface area contributed by atoms with Crippen LogP contribution in [-0.2, 0) is 4.74 Å². The van der Waals surface area contributed by atoms with E-state index < -0.39 is 11.6 Å². The van der Waals surface area contributed by atoms with Crippen molar-refractivity contribution in [1.82, 2.24) is 0 Å². The van der Waals surface area contributed by atoms with Gasteiger partial charge < -0.3 is 4.74 Å². The van der Waals surface area contributed by atoms with Gasteiger partial charge in [0.2, 0.25) is 0 Å². The van der Waals surface area contributed by atoms with E-state index in [-0.39, 0.29) is 5.92 Å². The van der Waals surface area contributed by atoms with Crippen molar-refractivity contribution in [3.63, 3.8) is 0 Å². The maximum atomic E-state index is 14.4. The Bertz CT molecular complexity index is 710. The minimum atomic E-state index is -0.659. The Kier molecular flexibility index (Phi) is 6.08. The average molecular weight is 389 g/mol. The molecule has 3 aliphatic rings. The van der Waals surface area contributed by atoms with Crippen LogP contribution in [0.25, 0.3) is 0 Å². The highest BCUT2D eigenvalue weighted by molar-refractivity contribution is 5.28. The molecule has 0 radical (unpaired) electrons. The monoisotopic (exact) mass is 388 g/mol. The summed E-state index contributed by atoms with van der Waals surface area (Å²) in [5, 5.41) is 0. The highest BCUT2D eigenvalue weighted by Crippen LogP contribution is 2.46. The van der Waals surface area contributed by atoms with Gasteiger partial charge in [-0.05, 0) is 118 Å². The van der Waals surface area contributed by atoms with Gasteiger partial charge in [0.15, 0.2) is 11.6 Å². The van der Waals surface area contributed by atoms with Crippen molar-refractivity contribution in [3.8, 4) is 0 Å². The summed E-state index contributed by atoms with van der Waals surface area (Å²) in [6, 6.07) is 3.54. The summed E-state index contributed by atoms with van der Waals surface area (Å²) >= 11 is 0. The van der Waals surface area contributed by atoms with Gasteiger partial charge in [-0.15, -0.1) is 0 Å². The number of allylic oxidation sites excluding steroid dienone is 1. The van der Waals surface area contributed by atoms with Crippen LogP contribution in [0.4, 0.5) is 8.78 Å². The fourth-order valence-corrected chi connectivity index (χ4v) is 5.84. The van der Waals surface area contributed by atoms with E-state index in [1.54, 1.807) is 13.0 Å². The third-order valence-electron chi connectivity index (χ3n) is 7.77. The maximum Gasteiger partial charge on any atom is 0.162 e. The highest BCUT2D eigenvalue weighted by Gasteiger charge is 2.33. The Morgan fingerprint density at radius 1 is 0.786 bits per heavy atom. The molecule has 1 aromatic carbocycles. The van der Waals surface area contributed by atoms with E-state index in [0.717, 1.165) is 49.9 Å².